The highest BCUT2D eigenvalue weighted by Gasteiger charge is 2.19. The molecule has 0 bridgehead atoms. The van der Waals surface area contributed by atoms with E-state index in [1.54, 1.807) is 6.92 Å². The molecular formula is C14H19N5O. The Morgan fingerprint density at radius 3 is 2.75 bits per heavy atom. The Kier molecular flexibility index (Phi) is 3.31. The molecule has 0 radical (unpaired) electrons. The molecule has 0 saturated carbocycles. The van der Waals surface area contributed by atoms with E-state index in [9.17, 15) is 4.79 Å². The summed E-state index contributed by atoms with van der Waals surface area (Å²) >= 11 is 0. The molecule has 106 valence electrons. The summed E-state index contributed by atoms with van der Waals surface area (Å²) in [6.45, 7) is 5.34. The van der Waals surface area contributed by atoms with E-state index in [2.05, 4.69) is 27.0 Å². The Balaban J connectivity index is 1.79. The molecule has 6 heteroatoms. The SMILES string of the molecule is CC(=O)N1CCN(c2ccc3nc(CN)[nH]c3c2)CC1. The molecule has 0 aliphatic carbocycles. The van der Waals surface area contributed by atoms with E-state index in [-0.39, 0.29) is 5.91 Å². The maximum Gasteiger partial charge on any atom is 0.219 e. The van der Waals surface area contributed by atoms with Crippen molar-refractivity contribution in [1.29, 1.82) is 0 Å². The van der Waals surface area contributed by atoms with Crippen LogP contribution in [0.2, 0.25) is 0 Å². The number of aromatic amines is 1. The first-order valence-corrected chi connectivity index (χ1v) is 6.86. The second-order valence-corrected chi connectivity index (χ2v) is 5.08. The van der Waals surface area contributed by atoms with Crippen LogP contribution in [-0.2, 0) is 11.3 Å². The van der Waals surface area contributed by atoms with Crippen LogP contribution in [0.1, 0.15) is 12.7 Å². The van der Waals surface area contributed by atoms with Crippen molar-refractivity contribution in [3.8, 4) is 0 Å². The van der Waals surface area contributed by atoms with E-state index in [4.69, 9.17) is 5.73 Å². The lowest BCUT2D eigenvalue weighted by molar-refractivity contribution is -0.129. The Morgan fingerprint density at radius 2 is 2.10 bits per heavy atom. The van der Waals surface area contributed by atoms with Crippen molar-refractivity contribution in [2.75, 3.05) is 31.1 Å². The van der Waals surface area contributed by atoms with Gasteiger partial charge < -0.3 is 20.5 Å². The number of carbonyl (C=O) groups excluding carboxylic acids is 1. The average Bonchev–Trinajstić information content (AvgIpc) is 2.89. The smallest absolute Gasteiger partial charge is 0.219 e. The molecule has 1 aromatic heterocycles. The molecule has 1 fully saturated rings. The fraction of sp³-hybridized carbons (Fsp3) is 0.429. The van der Waals surface area contributed by atoms with Crippen molar-refractivity contribution in [1.82, 2.24) is 14.9 Å². The van der Waals surface area contributed by atoms with E-state index in [1.165, 1.54) is 0 Å². The number of nitrogens with zero attached hydrogens (tertiary/aromatic N) is 3. The number of fused-ring (bicyclic) bond motifs is 1. The highest BCUT2D eigenvalue weighted by atomic mass is 16.2. The molecular weight excluding hydrogens is 254 g/mol. The number of piperazine rings is 1. The normalized spacial score (nSPS) is 15.9. The second-order valence-electron chi connectivity index (χ2n) is 5.08. The van der Waals surface area contributed by atoms with Gasteiger partial charge in [-0.05, 0) is 18.2 Å². The van der Waals surface area contributed by atoms with Gasteiger partial charge in [-0.15, -0.1) is 0 Å². The lowest BCUT2D eigenvalue weighted by Gasteiger charge is -2.35. The van der Waals surface area contributed by atoms with Crippen molar-refractivity contribution in [3.63, 3.8) is 0 Å². The predicted octanol–water partition coefficient (Wildman–Crippen LogP) is 0.690. The maximum atomic E-state index is 11.3. The highest BCUT2D eigenvalue weighted by molar-refractivity contribution is 5.80. The number of hydrogen-bond donors (Lipinski definition) is 2. The number of aromatic nitrogens is 2. The van der Waals surface area contributed by atoms with E-state index < -0.39 is 0 Å². The number of hydrogen-bond acceptors (Lipinski definition) is 4. The van der Waals surface area contributed by atoms with Crippen LogP contribution in [0.5, 0.6) is 0 Å². The summed E-state index contributed by atoms with van der Waals surface area (Å²) in [6, 6.07) is 6.19. The first-order valence-electron chi connectivity index (χ1n) is 6.86. The van der Waals surface area contributed by atoms with E-state index in [0.717, 1.165) is 48.7 Å². The van der Waals surface area contributed by atoms with Gasteiger partial charge in [0.1, 0.15) is 5.82 Å². The monoisotopic (exact) mass is 273 g/mol. The minimum Gasteiger partial charge on any atom is -0.368 e. The molecule has 1 aliphatic rings. The van der Waals surface area contributed by atoms with Crippen molar-refractivity contribution in [2.45, 2.75) is 13.5 Å². The lowest BCUT2D eigenvalue weighted by atomic mass is 10.2. The molecule has 0 atom stereocenters. The van der Waals surface area contributed by atoms with Gasteiger partial charge in [0.25, 0.3) is 0 Å². The molecule has 1 aromatic carbocycles. The summed E-state index contributed by atoms with van der Waals surface area (Å²) in [5, 5.41) is 0. The Morgan fingerprint density at radius 1 is 1.35 bits per heavy atom. The number of benzene rings is 1. The third kappa shape index (κ3) is 2.34. The number of amides is 1. The summed E-state index contributed by atoms with van der Waals surface area (Å²) in [4.78, 5) is 23.1. The number of carbonyl (C=O) groups is 1. The molecule has 1 saturated heterocycles. The van der Waals surface area contributed by atoms with Gasteiger partial charge in [0.2, 0.25) is 5.91 Å². The molecule has 6 nitrogen and oxygen atoms in total. The second kappa shape index (κ2) is 5.13. The van der Waals surface area contributed by atoms with Crippen molar-refractivity contribution < 1.29 is 4.79 Å². The highest BCUT2D eigenvalue weighted by Crippen LogP contribution is 2.22. The van der Waals surface area contributed by atoms with Gasteiger partial charge in [-0.25, -0.2) is 4.98 Å². The summed E-state index contributed by atoms with van der Waals surface area (Å²) < 4.78 is 0. The standard InChI is InChI=1S/C14H19N5O/c1-10(20)18-4-6-19(7-5-18)11-2-3-12-13(8-11)17-14(9-15)16-12/h2-3,8H,4-7,9,15H2,1H3,(H,16,17). The van der Waals surface area contributed by atoms with Gasteiger partial charge in [-0.1, -0.05) is 0 Å². The van der Waals surface area contributed by atoms with Gasteiger partial charge in [-0.3, -0.25) is 4.79 Å². The Labute approximate surface area is 117 Å². The number of imidazole rings is 1. The first-order chi connectivity index (χ1) is 9.67. The van der Waals surface area contributed by atoms with E-state index in [1.807, 2.05) is 11.0 Å². The number of H-pyrrole nitrogens is 1. The fourth-order valence-corrected chi connectivity index (χ4v) is 2.62. The Hall–Kier alpha value is -2.08. The van der Waals surface area contributed by atoms with Crippen LogP contribution in [0.15, 0.2) is 18.2 Å². The van der Waals surface area contributed by atoms with Crippen LogP contribution in [0.25, 0.3) is 11.0 Å². The van der Waals surface area contributed by atoms with Crippen LogP contribution < -0.4 is 10.6 Å². The first kappa shape index (κ1) is 12.9. The number of anilines is 1. The van der Waals surface area contributed by atoms with Crippen LogP contribution in [0.4, 0.5) is 5.69 Å². The van der Waals surface area contributed by atoms with Crippen molar-refractivity contribution in [3.05, 3.63) is 24.0 Å². The van der Waals surface area contributed by atoms with Crippen molar-refractivity contribution in [2.24, 2.45) is 5.73 Å². The molecule has 0 spiro atoms. The van der Waals surface area contributed by atoms with Gasteiger partial charge in [0.05, 0.1) is 17.6 Å². The molecule has 3 rings (SSSR count). The number of rotatable bonds is 2. The van der Waals surface area contributed by atoms with Gasteiger partial charge in [-0.2, -0.15) is 0 Å². The van der Waals surface area contributed by atoms with Crippen LogP contribution in [0.3, 0.4) is 0 Å². The van der Waals surface area contributed by atoms with Crippen LogP contribution in [-0.4, -0.2) is 47.0 Å². The summed E-state index contributed by atoms with van der Waals surface area (Å²) in [6.07, 6.45) is 0. The quantitative estimate of drug-likeness (QED) is 0.844. The van der Waals surface area contributed by atoms with Gasteiger partial charge in [0, 0.05) is 38.8 Å². The zero-order chi connectivity index (χ0) is 14.1. The number of nitrogens with one attached hydrogen (secondary N) is 1. The minimum absolute atomic E-state index is 0.154. The third-order valence-corrected chi connectivity index (χ3v) is 3.80. The fourth-order valence-electron chi connectivity index (χ4n) is 2.62. The van der Waals surface area contributed by atoms with Crippen LogP contribution >= 0.6 is 0 Å². The summed E-state index contributed by atoms with van der Waals surface area (Å²) in [7, 11) is 0. The third-order valence-electron chi connectivity index (χ3n) is 3.80. The van der Waals surface area contributed by atoms with Gasteiger partial charge >= 0.3 is 0 Å². The molecule has 1 aliphatic heterocycles. The maximum absolute atomic E-state index is 11.3. The Bertz CT molecular complexity index is 628. The van der Waals surface area contributed by atoms with E-state index >= 15 is 0 Å². The summed E-state index contributed by atoms with van der Waals surface area (Å²) in [5.74, 6) is 0.958. The zero-order valence-corrected chi connectivity index (χ0v) is 11.6. The summed E-state index contributed by atoms with van der Waals surface area (Å²) in [5.41, 5.74) is 8.71. The van der Waals surface area contributed by atoms with Crippen molar-refractivity contribution >= 4 is 22.6 Å². The molecule has 0 unspecified atom stereocenters. The lowest BCUT2D eigenvalue weighted by Crippen LogP contribution is -2.48. The molecule has 1 amide bonds. The topological polar surface area (TPSA) is 78.2 Å². The molecule has 2 heterocycles. The largest absolute Gasteiger partial charge is 0.368 e. The minimum atomic E-state index is 0.154. The van der Waals surface area contributed by atoms with Crippen LogP contribution in [0, 0.1) is 0 Å². The number of nitrogens with two attached hydrogens (primary N) is 1. The van der Waals surface area contributed by atoms with E-state index in [0.29, 0.717) is 6.54 Å². The molecule has 2 aromatic rings. The molecule has 3 N–H and O–H groups in total. The molecule has 20 heavy (non-hydrogen) atoms. The van der Waals surface area contributed by atoms with Gasteiger partial charge in [0.15, 0.2) is 0 Å². The predicted molar refractivity (Wildman–Crippen MR) is 78.5 cm³/mol. The average molecular weight is 273 g/mol. The zero-order valence-electron chi connectivity index (χ0n) is 11.6.